The van der Waals surface area contributed by atoms with Crippen molar-refractivity contribution < 1.29 is 9.84 Å². The first-order valence-corrected chi connectivity index (χ1v) is 6.29. The molecule has 2 rings (SSSR count). The normalized spacial score (nSPS) is 11.9. The van der Waals surface area contributed by atoms with Crippen molar-refractivity contribution in [1.29, 1.82) is 0 Å². The molecule has 0 radical (unpaired) electrons. The van der Waals surface area contributed by atoms with Gasteiger partial charge in [-0.1, -0.05) is 19.1 Å². The fourth-order valence-corrected chi connectivity index (χ4v) is 1.98. The molecular formula is C15H18N2O2. The number of benzene rings is 1. The van der Waals surface area contributed by atoms with Crippen LogP contribution in [0.3, 0.4) is 0 Å². The molecule has 1 heterocycles. The van der Waals surface area contributed by atoms with Crippen LogP contribution in [0.1, 0.15) is 24.9 Å². The third kappa shape index (κ3) is 3.16. The Labute approximate surface area is 113 Å². The van der Waals surface area contributed by atoms with Crippen LogP contribution >= 0.6 is 0 Å². The van der Waals surface area contributed by atoms with Crippen LogP contribution in [0, 0.1) is 0 Å². The van der Waals surface area contributed by atoms with E-state index in [-0.39, 0.29) is 11.8 Å². The van der Waals surface area contributed by atoms with E-state index < -0.39 is 0 Å². The molecule has 19 heavy (non-hydrogen) atoms. The Hall–Kier alpha value is -2.23. The van der Waals surface area contributed by atoms with Gasteiger partial charge in [0.1, 0.15) is 5.75 Å². The van der Waals surface area contributed by atoms with Crippen molar-refractivity contribution in [3.8, 4) is 11.6 Å². The van der Waals surface area contributed by atoms with E-state index in [1.807, 2.05) is 24.3 Å². The number of hydrogen-bond donors (Lipinski definition) is 2. The first-order valence-electron chi connectivity index (χ1n) is 6.29. The first kappa shape index (κ1) is 13.2. The zero-order valence-electron chi connectivity index (χ0n) is 11.1. The number of rotatable bonds is 5. The molecule has 2 aromatic rings. The SMILES string of the molecule is CCC(Nc1cccnc1OC)c1ccc(O)cc1. The second-order valence-corrected chi connectivity index (χ2v) is 4.26. The Bertz CT molecular complexity index is 526. The number of methoxy groups -OCH3 is 1. The van der Waals surface area contributed by atoms with Crippen molar-refractivity contribution in [2.45, 2.75) is 19.4 Å². The van der Waals surface area contributed by atoms with E-state index in [1.165, 1.54) is 0 Å². The summed E-state index contributed by atoms with van der Waals surface area (Å²) in [5.74, 6) is 0.859. The molecule has 0 bridgehead atoms. The average Bonchev–Trinajstić information content (AvgIpc) is 2.46. The van der Waals surface area contributed by atoms with Crippen LogP contribution < -0.4 is 10.1 Å². The molecule has 0 aliphatic heterocycles. The van der Waals surface area contributed by atoms with Crippen molar-refractivity contribution in [2.75, 3.05) is 12.4 Å². The van der Waals surface area contributed by atoms with E-state index in [4.69, 9.17) is 4.74 Å². The van der Waals surface area contributed by atoms with E-state index in [0.29, 0.717) is 5.88 Å². The zero-order valence-corrected chi connectivity index (χ0v) is 11.1. The van der Waals surface area contributed by atoms with Gasteiger partial charge in [-0.25, -0.2) is 4.98 Å². The van der Waals surface area contributed by atoms with Gasteiger partial charge in [-0.05, 0) is 36.2 Å². The molecule has 4 nitrogen and oxygen atoms in total. The fourth-order valence-electron chi connectivity index (χ4n) is 1.98. The molecule has 1 atom stereocenters. The number of phenols is 1. The van der Waals surface area contributed by atoms with Gasteiger partial charge in [0.15, 0.2) is 0 Å². The summed E-state index contributed by atoms with van der Waals surface area (Å²) in [6.45, 7) is 2.10. The van der Waals surface area contributed by atoms with Gasteiger partial charge in [-0.2, -0.15) is 0 Å². The first-order chi connectivity index (χ1) is 9.24. The van der Waals surface area contributed by atoms with Crippen molar-refractivity contribution in [3.05, 3.63) is 48.2 Å². The number of nitrogens with one attached hydrogen (secondary N) is 1. The minimum Gasteiger partial charge on any atom is -0.508 e. The summed E-state index contributed by atoms with van der Waals surface area (Å²) < 4.78 is 5.23. The van der Waals surface area contributed by atoms with Crippen LogP contribution in [0.2, 0.25) is 0 Å². The molecule has 0 saturated carbocycles. The van der Waals surface area contributed by atoms with Gasteiger partial charge in [-0.15, -0.1) is 0 Å². The maximum Gasteiger partial charge on any atom is 0.237 e. The summed E-state index contributed by atoms with van der Waals surface area (Å²) in [5.41, 5.74) is 1.98. The Morgan fingerprint density at radius 1 is 1.26 bits per heavy atom. The zero-order chi connectivity index (χ0) is 13.7. The summed E-state index contributed by atoms with van der Waals surface area (Å²) in [4.78, 5) is 4.17. The maximum absolute atomic E-state index is 9.33. The Kier molecular flexibility index (Phi) is 4.23. The summed E-state index contributed by atoms with van der Waals surface area (Å²) in [5, 5.41) is 12.7. The highest BCUT2D eigenvalue weighted by Gasteiger charge is 2.12. The predicted molar refractivity (Wildman–Crippen MR) is 75.6 cm³/mol. The van der Waals surface area contributed by atoms with E-state index >= 15 is 0 Å². The van der Waals surface area contributed by atoms with Crippen LogP contribution in [-0.2, 0) is 0 Å². The average molecular weight is 258 g/mol. The van der Waals surface area contributed by atoms with Crippen LogP contribution in [0.5, 0.6) is 11.6 Å². The molecule has 0 fully saturated rings. The van der Waals surface area contributed by atoms with Gasteiger partial charge in [0.25, 0.3) is 0 Å². The lowest BCUT2D eigenvalue weighted by molar-refractivity contribution is 0.399. The van der Waals surface area contributed by atoms with E-state index in [9.17, 15) is 5.11 Å². The number of aromatic nitrogens is 1. The number of hydrogen-bond acceptors (Lipinski definition) is 4. The number of phenolic OH excluding ortho intramolecular Hbond substituents is 1. The number of anilines is 1. The third-order valence-electron chi connectivity index (χ3n) is 3.00. The Morgan fingerprint density at radius 3 is 2.63 bits per heavy atom. The highest BCUT2D eigenvalue weighted by molar-refractivity contribution is 5.53. The molecule has 4 heteroatoms. The second-order valence-electron chi connectivity index (χ2n) is 4.26. The van der Waals surface area contributed by atoms with Gasteiger partial charge >= 0.3 is 0 Å². The maximum atomic E-state index is 9.33. The number of ether oxygens (including phenoxy) is 1. The molecule has 100 valence electrons. The van der Waals surface area contributed by atoms with Crippen LogP contribution in [0.25, 0.3) is 0 Å². The van der Waals surface area contributed by atoms with Crippen LogP contribution in [0.4, 0.5) is 5.69 Å². The lowest BCUT2D eigenvalue weighted by atomic mass is 10.0. The standard InChI is InChI=1S/C15H18N2O2/c1-3-13(11-6-8-12(18)9-7-11)17-14-5-4-10-16-15(14)19-2/h4-10,13,17-18H,3H2,1-2H3. The minimum absolute atomic E-state index is 0.152. The molecular weight excluding hydrogens is 240 g/mol. The highest BCUT2D eigenvalue weighted by Crippen LogP contribution is 2.28. The van der Waals surface area contributed by atoms with Crippen molar-refractivity contribution >= 4 is 5.69 Å². The molecule has 0 spiro atoms. The largest absolute Gasteiger partial charge is 0.508 e. The van der Waals surface area contributed by atoms with Crippen LogP contribution in [-0.4, -0.2) is 17.2 Å². The quantitative estimate of drug-likeness (QED) is 0.863. The van der Waals surface area contributed by atoms with Gasteiger partial charge in [0.2, 0.25) is 5.88 Å². The summed E-state index contributed by atoms with van der Waals surface area (Å²) in [6.07, 6.45) is 2.62. The molecule has 0 saturated heterocycles. The Balaban J connectivity index is 2.21. The van der Waals surface area contributed by atoms with Gasteiger partial charge in [0.05, 0.1) is 18.8 Å². The monoisotopic (exact) mass is 258 g/mol. The van der Waals surface area contributed by atoms with E-state index in [1.54, 1.807) is 25.4 Å². The van der Waals surface area contributed by atoms with Gasteiger partial charge in [-0.3, -0.25) is 0 Å². The molecule has 1 aromatic heterocycles. The van der Waals surface area contributed by atoms with E-state index in [0.717, 1.165) is 17.7 Å². The third-order valence-corrected chi connectivity index (χ3v) is 3.00. The molecule has 1 aromatic carbocycles. The number of nitrogens with zero attached hydrogens (tertiary/aromatic N) is 1. The molecule has 1 unspecified atom stereocenters. The summed E-state index contributed by atoms with van der Waals surface area (Å²) in [6, 6.07) is 11.2. The molecule has 2 N–H and O–H groups in total. The van der Waals surface area contributed by atoms with E-state index in [2.05, 4.69) is 17.2 Å². The molecule has 0 amide bonds. The summed E-state index contributed by atoms with van der Waals surface area (Å²) in [7, 11) is 1.61. The number of pyridine rings is 1. The fraction of sp³-hybridized carbons (Fsp3) is 0.267. The number of aromatic hydroxyl groups is 1. The topological polar surface area (TPSA) is 54.4 Å². The predicted octanol–water partition coefficient (Wildman–Crippen LogP) is 3.36. The van der Waals surface area contributed by atoms with Gasteiger partial charge < -0.3 is 15.2 Å². The highest BCUT2D eigenvalue weighted by atomic mass is 16.5. The van der Waals surface area contributed by atoms with Crippen molar-refractivity contribution in [3.63, 3.8) is 0 Å². The Morgan fingerprint density at radius 2 is 2.00 bits per heavy atom. The second kappa shape index (κ2) is 6.09. The van der Waals surface area contributed by atoms with Crippen LogP contribution in [0.15, 0.2) is 42.6 Å². The molecule has 0 aliphatic carbocycles. The lowest BCUT2D eigenvalue weighted by Crippen LogP contribution is -2.10. The minimum atomic E-state index is 0.152. The molecule has 0 aliphatic rings. The lowest BCUT2D eigenvalue weighted by Gasteiger charge is -2.19. The smallest absolute Gasteiger partial charge is 0.237 e. The van der Waals surface area contributed by atoms with Gasteiger partial charge in [0, 0.05) is 6.20 Å². The van der Waals surface area contributed by atoms with Crippen molar-refractivity contribution in [1.82, 2.24) is 4.98 Å². The summed E-state index contributed by atoms with van der Waals surface area (Å²) >= 11 is 0. The van der Waals surface area contributed by atoms with Crippen molar-refractivity contribution in [2.24, 2.45) is 0 Å².